The van der Waals surface area contributed by atoms with Crippen molar-refractivity contribution < 1.29 is 4.92 Å². The average molecular weight is 268 g/mol. The summed E-state index contributed by atoms with van der Waals surface area (Å²) < 4.78 is 1.60. The lowest BCUT2D eigenvalue weighted by Crippen LogP contribution is -2.37. The van der Waals surface area contributed by atoms with Crippen LogP contribution in [0, 0.1) is 15.5 Å². The van der Waals surface area contributed by atoms with E-state index >= 15 is 0 Å². The molecule has 2 N–H and O–H groups in total. The molecule has 0 radical (unpaired) electrons. The standard InChI is InChI=1S/C13H24N4O2/c1-8(2)11-12(17(18)19)9(16(6)15-11)7-10(14)13(3,4)5/h8,10H,7,14H2,1-6H3. The van der Waals surface area contributed by atoms with Gasteiger partial charge in [-0.2, -0.15) is 5.10 Å². The van der Waals surface area contributed by atoms with Crippen molar-refractivity contribution in [2.75, 3.05) is 0 Å². The molecule has 0 aliphatic rings. The van der Waals surface area contributed by atoms with E-state index in [1.165, 1.54) is 0 Å². The van der Waals surface area contributed by atoms with Crippen LogP contribution in [0.3, 0.4) is 0 Å². The van der Waals surface area contributed by atoms with Gasteiger partial charge < -0.3 is 5.73 Å². The minimum absolute atomic E-state index is 0.0196. The van der Waals surface area contributed by atoms with Crippen LogP contribution >= 0.6 is 0 Å². The van der Waals surface area contributed by atoms with E-state index in [-0.39, 0.29) is 28.0 Å². The molecule has 0 saturated carbocycles. The van der Waals surface area contributed by atoms with Crippen molar-refractivity contribution in [3.05, 3.63) is 21.5 Å². The predicted octanol–water partition coefficient (Wildman–Crippen LogP) is 2.37. The Morgan fingerprint density at radius 1 is 1.42 bits per heavy atom. The number of aromatic nitrogens is 2. The highest BCUT2D eigenvalue weighted by Crippen LogP contribution is 2.31. The normalized spacial score (nSPS) is 13.9. The molecule has 1 atom stereocenters. The summed E-state index contributed by atoms with van der Waals surface area (Å²) in [5.41, 5.74) is 7.30. The Labute approximate surface area is 114 Å². The van der Waals surface area contributed by atoms with Crippen LogP contribution in [0.2, 0.25) is 0 Å². The van der Waals surface area contributed by atoms with Crippen LogP contribution in [0.4, 0.5) is 5.69 Å². The summed E-state index contributed by atoms with van der Waals surface area (Å²) in [6.45, 7) is 9.90. The van der Waals surface area contributed by atoms with Crippen LogP contribution in [0.1, 0.15) is 51.9 Å². The smallest absolute Gasteiger partial charge is 0.313 e. The zero-order valence-electron chi connectivity index (χ0n) is 12.6. The molecule has 0 fully saturated rings. The molecule has 1 aromatic rings. The third-order valence-electron chi connectivity index (χ3n) is 3.42. The highest BCUT2D eigenvalue weighted by Gasteiger charge is 2.31. The zero-order chi connectivity index (χ0) is 15.0. The molecule has 0 spiro atoms. The molecule has 0 amide bonds. The maximum absolute atomic E-state index is 11.3. The van der Waals surface area contributed by atoms with Gasteiger partial charge in [0.25, 0.3) is 0 Å². The molecule has 1 heterocycles. The summed E-state index contributed by atoms with van der Waals surface area (Å²) in [7, 11) is 1.74. The van der Waals surface area contributed by atoms with Gasteiger partial charge in [-0.3, -0.25) is 14.8 Å². The number of nitrogens with zero attached hydrogens (tertiary/aromatic N) is 3. The van der Waals surface area contributed by atoms with E-state index in [9.17, 15) is 10.1 Å². The molecule has 1 rings (SSSR count). The van der Waals surface area contributed by atoms with Crippen molar-refractivity contribution in [1.29, 1.82) is 0 Å². The van der Waals surface area contributed by atoms with Crippen molar-refractivity contribution >= 4 is 5.69 Å². The van der Waals surface area contributed by atoms with Gasteiger partial charge in [0.05, 0.1) is 4.92 Å². The fourth-order valence-electron chi connectivity index (χ4n) is 1.90. The maximum Gasteiger partial charge on any atom is 0.313 e. The lowest BCUT2D eigenvalue weighted by molar-refractivity contribution is -0.386. The quantitative estimate of drug-likeness (QED) is 0.670. The van der Waals surface area contributed by atoms with Crippen LogP contribution < -0.4 is 5.73 Å². The molecule has 0 aromatic carbocycles. The van der Waals surface area contributed by atoms with Gasteiger partial charge in [-0.1, -0.05) is 34.6 Å². The Kier molecular flexibility index (Phi) is 4.35. The molecule has 0 aliphatic heterocycles. The molecule has 0 bridgehead atoms. The highest BCUT2D eigenvalue weighted by molar-refractivity contribution is 5.43. The van der Waals surface area contributed by atoms with E-state index in [2.05, 4.69) is 5.10 Å². The van der Waals surface area contributed by atoms with Crippen LogP contribution in [0.25, 0.3) is 0 Å². The first-order chi connectivity index (χ1) is 8.55. The molecule has 6 heteroatoms. The number of aryl methyl sites for hydroxylation is 1. The minimum atomic E-state index is -0.340. The summed E-state index contributed by atoms with van der Waals surface area (Å²) in [5, 5.41) is 15.6. The monoisotopic (exact) mass is 268 g/mol. The molecular weight excluding hydrogens is 244 g/mol. The molecule has 6 nitrogen and oxygen atoms in total. The fraction of sp³-hybridized carbons (Fsp3) is 0.769. The van der Waals surface area contributed by atoms with Crippen molar-refractivity contribution in [2.24, 2.45) is 18.2 Å². The van der Waals surface area contributed by atoms with E-state index in [0.29, 0.717) is 17.8 Å². The van der Waals surface area contributed by atoms with Crippen LogP contribution in [-0.4, -0.2) is 20.7 Å². The first-order valence-electron chi connectivity index (χ1n) is 6.51. The Balaban J connectivity index is 3.24. The number of nitro groups is 1. The Bertz CT molecular complexity index is 472. The number of nitrogens with two attached hydrogens (primary N) is 1. The van der Waals surface area contributed by atoms with E-state index in [0.717, 1.165) is 0 Å². The summed E-state index contributed by atoms with van der Waals surface area (Å²) in [6, 6.07) is -0.151. The molecule has 108 valence electrons. The van der Waals surface area contributed by atoms with Gasteiger partial charge in [0.15, 0.2) is 0 Å². The minimum Gasteiger partial charge on any atom is -0.327 e. The summed E-state index contributed by atoms with van der Waals surface area (Å²) in [5.74, 6) is 0.0196. The van der Waals surface area contributed by atoms with Crippen LogP contribution in [0.5, 0.6) is 0 Å². The topological polar surface area (TPSA) is 87.0 Å². The van der Waals surface area contributed by atoms with Crippen LogP contribution in [-0.2, 0) is 13.5 Å². The number of hydrogen-bond donors (Lipinski definition) is 1. The van der Waals surface area contributed by atoms with Gasteiger partial charge in [-0.15, -0.1) is 0 Å². The Morgan fingerprint density at radius 3 is 2.32 bits per heavy atom. The van der Waals surface area contributed by atoms with Crippen molar-refractivity contribution in [1.82, 2.24) is 9.78 Å². The van der Waals surface area contributed by atoms with Crippen molar-refractivity contribution in [2.45, 2.75) is 53.0 Å². The third-order valence-corrected chi connectivity index (χ3v) is 3.42. The summed E-state index contributed by atoms with van der Waals surface area (Å²) >= 11 is 0. The lowest BCUT2D eigenvalue weighted by atomic mass is 9.84. The van der Waals surface area contributed by atoms with Gasteiger partial charge in [-0.25, -0.2) is 0 Å². The maximum atomic E-state index is 11.3. The number of hydrogen-bond acceptors (Lipinski definition) is 4. The van der Waals surface area contributed by atoms with E-state index < -0.39 is 0 Å². The summed E-state index contributed by atoms with van der Waals surface area (Å²) in [4.78, 5) is 11.0. The van der Waals surface area contributed by atoms with Crippen LogP contribution in [0.15, 0.2) is 0 Å². The highest BCUT2D eigenvalue weighted by atomic mass is 16.6. The second kappa shape index (κ2) is 5.28. The number of rotatable bonds is 4. The van der Waals surface area contributed by atoms with E-state index in [1.807, 2.05) is 34.6 Å². The van der Waals surface area contributed by atoms with Gasteiger partial charge in [-0.05, 0) is 5.41 Å². The van der Waals surface area contributed by atoms with Gasteiger partial charge >= 0.3 is 5.69 Å². The fourth-order valence-corrected chi connectivity index (χ4v) is 1.90. The zero-order valence-corrected chi connectivity index (χ0v) is 12.6. The molecule has 1 aromatic heterocycles. The Hall–Kier alpha value is -1.43. The third kappa shape index (κ3) is 3.32. The Morgan fingerprint density at radius 2 is 1.95 bits per heavy atom. The second-order valence-corrected chi connectivity index (χ2v) is 6.39. The molecule has 0 saturated heterocycles. The second-order valence-electron chi connectivity index (χ2n) is 6.39. The summed E-state index contributed by atoms with van der Waals surface area (Å²) in [6.07, 6.45) is 0.454. The van der Waals surface area contributed by atoms with E-state index in [1.54, 1.807) is 11.7 Å². The lowest BCUT2D eigenvalue weighted by Gasteiger charge is -2.26. The SMILES string of the molecule is CC(C)c1nn(C)c(CC(N)C(C)(C)C)c1[N+](=O)[O-]. The van der Waals surface area contributed by atoms with Gasteiger partial charge in [0.1, 0.15) is 11.4 Å². The van der Waals surface area contributed by atoms with Gasteiger partial charge in [0.2, 0.25) is 0 Å². The first kappa shape index (κ1) is 15.6. The van der Waals surface area contributed by atoms with E-state index in [4.69, 9.17) is 5.73 Å². The largest absolute Gasteiger partial charge is 0.327 e. The van der Waals surface area contributed by atoms with Crippen molar-refractivity contribution in [3.8, 4) is 0 Å². The van der Waals surface area contributed by atoms with Crippen molar-refractivity contribution in [3.63, 3.8) is 0 Å². The predicted molar refractivity (Wildman–Crippen MR) is 75.1 cm³/mol. The molecule has 0 aliphatic carbocycles. The molecule has 1 unspecified atom stereocenters. The average Bonchev–Trinajstić information content (AvgIpc) is 2.55. The molecular formula is C13H24N4O2. The molecule has 19 heavy (non-hydrogen) atoms. The van der Waals surface area contributed by atoms with Gasteiger partial charge in [0, 0.05) is 25.4 Å². The first-order valence-corrected chi connectivity index (χ1v) is 6.51.